The molecule has 0 unspecified atom stereocenters. The van der Waals surface area contributed by atoms with E-state index in [2.05, 4.69) is 16.5 Å². The Labute approximate surface area is 104 Å². The molecule has 0 amide bonds. The highest BCUT2D eigenvalue weighted by Gasteiger charge is 2.41. The molecule has 1 aliphatic rings. The van der Waals surface area contributed by atoms with Crippen LogP contribution < -0.4 is 0 Å². The summed E-state index contributed by atoms with van der Waals surface area (Å²) in [6, 6.07) is 4.81. The molecule has 1 aliphatic carbocycles. The Bertz CT molecular complexity index is 622. The van der Waals surface area contributed by atoms with Gasteiger partial charge in [-0.05, 0) is 55.1 Å². The number of nitrogens with zero attached hydrogens (tertiary/aromatic N) is 1. The molecular formula is C13H15FN2S. The first-order valence-electron chi connectivity index (χ1n) is 6.02. The highest BCUT2D eigenvalue weighted by molar-refractivity contribution is 7.71. The smallest absolute Gasteiger partial charge is 0.178 e. The normalized spacial score (nSPS) is 17.5. The predicted molar refractivity (Wildman–Crippen MR) is 69.0 cm³/mol. The summed E-state index contributed by atoms with van der Waals surface area (Å²) in [6.07, 6.45) is 3.74. The van der Waals surface area contributed by atoms with Crippen molar-refractivity contribution in [1.82, 2.24) is 9.55 Å². The highest BCUT2D eigenvalue weighted by atomic mass is 32.1. The van der Waals surface area contributed by atoms with Gasteiger partial charge in [-0.1, -0.05) is 6.92 Å². The van der Waals surface area contributed by atoms with Crippen molar-refractivity contribution in [2.24, 2.45) is 5.41 Å². The zero-order valence-electron chi connectivity index (χ0n) is 9.79. The summed E-state index contributed by atoms with van der Waals surface area (Å²) in [7, 11) is 0. The number of fused-ring (bicyclic) bond motifs is 1. The number of aromatic amines is 1. The molecule has 90 valence electrons. The lowest BCUT2D eigenvalue weighted by Crippen LogP contribution is -2.10. The van der Waals surface area contributed by atoms with Crippen LogP contribution in [0.5, 0.6) is 0 Å². The van der Waals surface area contributed by atoms with E-state index in [9.17, 15) is 4.39 Å². The molecule has 0 radical (unpaired) electrons. The van der Waals surface area contributed by atoms with E-state index < -0.39 is 0 Å². The predicted octanol–water partition coefficient (Wildman–Crippen LogP) is 4.03. The zero-order valence-corrected chi connectivity index (χ0v) is 10.6. The number of halogens is 1. The van der Waals surface area contributed by atoms with Gasteiger partial charge in [0.1, 0.15) is 5.82 Å². The minimum atomic E-state index is -0.225. The van der Waals surface area contributed by atoms with Crippen molar-refractivity contribution in [3.8, 4) is 0 Å². The van der Waals surface area contributed by atoms with Gasteiger partial charge in [0.25, 0.3) is 0 Å². The van der Waals surface area contributed by atoms with Gasteiger partial charge in [-0.3, -0.25) is 0 Å². The molecule has 4 heteroatoms. The molecule has 0 spiro atoms. The SMILES string of the molecule is CCC1(Cn2c(=S)[nH]c3cc(F)ccc32)CC1. The van der Waals surface area contributed by atoms with Gasteiger partial charge in [-0.15, -0.1) is 0 Å². The summed E-state index contributed by atoms with van der Waals surface area (Å²) >= 11 is 5.32. The Morgan fingerprint density at radius 1 is 1.47 bits per heavy atom. The molecule has 1 saturated carbocycles. The molecule has 0 bridgehead atoms. The van der Waals surface area contributed by atoms with E-state index >= 15 is 0 Å². The fraction of sp³-hybridized carbons (Fsp3) is 0.462. The van der Waals surface area contributed by atoms with Crippen LogP contribution in [-0.2, 0) is 6.54 Å². The first kappa shape index (κ1) is 11.0. The summed E-state index contributed by atoms with van der Waals surface area (Å²) in [5.74, 6) is -0.225. The lowest BCUT2D eigenvalue weighted by Gasteiger charge is -2.13. The number of H-pyrrole nitrogens is 1. The third kappa shape index (κ3) is 1.80. The van der Waals surface area contributed by atoms with E-state index in [0.29, 0.717) is 10.2 Å². The van der Waals surface area contributed by atoms with Crippen LogP contribution in [0, 0.1) is 16.0 Å². The maximum absolute atomic E-state index is 13.1. The molecule has 1 N–H and O–H groups in total. The molecule has 3 rings (SSSR count). The number of rotatable bonds is 3. The fourth-order valence-corrected chi connectivity index (χ4v) is 2.70. The van der Waals surface area contributed by atoms with Gasteiger partial charge in [0.15, 0.2) is 4.77 Å². The monoisotopic (exact) mass is 250 g/mol. The van der Waals surface area contributed by atoms with Gasteiger partial charge >= 0.3 is 0 Å². The van der Waals surface area contributed by atoms with Gasteiger partial charge in [0, 0.05) is 6.54 Å². The van der Waals surface area contributed by atoms with Gasteiger partial charge in [0.05, 0.1) is 11.0 Å². The number of nitrogens with one attached hydrogen (secondary N) is 1. The lowest BCUT2D eigenvalue weighted by molar-refractivity contribution is 0.412. The number of hydrogen-bond acceptors (Lipinski definition) is 1. The first-order chi connectivity index (χ1) is 8.13. The molecule has 0 aliphatic heterocycles. The Morgan fingerprint density at radius 2 is 2.24 bits per heavy atom. The Balaban J connectivity index is 2.09. The third-order valence-corrected chi connectivity index (χ3v) is 4.26. The summed E-state index contributed by atoms with van der Waals surface area (Å²) < 4.78 is 15.9. The van der Waals surface area contributed by atoms with Gasteiger partial charge in [0.2, 0.25) is 0 Å². The van der Waals surface area contributed by atoms with Crippen LogP contribution in [-0.4, -0.2) is 9.55 Å². The molecule has 1 heterocycles. The second-order valence-corrected chi connectivity index (χ2v) is 5.42. The van der Waals surface area contributed by atoms with Gasteiger partial charge in [-0.25, -0.2) is 4.39 Å². The van der Waals surface area contributed by atoms with Crippen molar-refractivity contribution in [2.45, 2.75) is 32.7 Å². The quantitative estimate of drug-likeness (QED) is 0.816. The van der Waals surface area contributed by atoms with Crippen LogP contribution in [0.25, 0.3) is 11.0 Å². The van der Waals surface area contributed by atoms with E-state index in [1.165, 1.54) is 31.4 Å². The van der Waals surface area contributed by atoms with E-state index in [4.69, 9.17) is 12.2 Å². The molecule has 2 nitrogen and oxygen atoms in total. The van der Waals surface area contributed by atoms with Crippen LogP contribution in [0.4, 0.5) is 4.39 Å². The Morgan fingerprint density at radius 3 is 2.88 bits per heavy atom. The molecule has 2 aromatic rings. The standard InChI is InChI=1S/C13H15FN2S/c1-2-13(5-6-13)8-16-11-4-3-9(14)7-10(11)15-12(16)17/h3-4,7H,2,5-6,8H2,1H3,(H,15,17). The molecule has 0 atom stereocenters. The fourth-order valence-electron chi connectivity index (χ4n) is 2.43. The third-order valence-electron chi connectivity index (χ3n) is 3.94. The van der Waals surface area contributed by atoms with Crippen LogP contribution in [0.3, 0.4) is 0 Å². The maximum atomic E-state index is 13.1. The van der Waals surface area contributed by atoms with Crippen LogP contribution in [0.15, 0.2) is 18.2 Å². The van der Waals surface area contributed by atoms with Crippen molar-refractivity contribution in [1.29, 1.82) is 0 Å². The van der Waals surface area contributed by atoms with Crippen LogP contribution >= 0.6 is 12.2 Å². The molecular weight excluding hydrogens is 235 g/mol. The zero-order chi connectivity index (χ0) is 12.0. The van der Waals surface area contributed by atoms with Crippen molar-refractivity contribution >= 4 is 23.3 Å². The number of hydrogen-bond donors (Lipinski definition) is 1. The summed E-state index contributed by atoms with van der Waals surface area (Å²) in [5.41, 5.74) is 2.24. The van der Waals surface area contributed by atoms with E-state index in [-0.39, 0.29) is 5.82 Å². The van der Waals surface area contributed by atoms with Crippen molar-refractivity contribution in [3.63, 3.8) is 0 Å². The number of imidazole rings is 1. The Kier molecular flexibility index (Phi) is 2.36. The highest BCUT2D eigenvalue weighted by Crippen LogP contribution is 2.50. The molecule has 1 fully saturated rings. The van der Waals surface area contributed by atoms with E-state index in [1.54, 1.807) is 0 Å². The molecule has 0 saturated heterocycles. The van der Waals surface area contributed by atoms with Crippen LogP contribution in [0.1, 0.15) is 26.2 Å². The molecule has 1 aromatic heterocycles. The van der Waals surface area contributed by atoms with Crippen molar-refractivity contribution in [2.75, 3.05) is 0 Å². The van der Waals surface area contributed by atoms with Crippen molar-refractivity contribution in [3.05, 3.63) is 28.8 Å². The second-order valence-electron chi connectivity index (χ2n) is 5.03. The van der Waals surface area contributed by atoms with E-state index in [1.807, 2.05) is 6.07 Å². The van der Waals surface area contributed by atoms with Gasteiger partial charge < -0.3 is 9.55 Å². The minimum absolute atomic E-state index is 0.225. The largest absolute Gasteiger partial charge is 0.330 e. The molecule has 1 aromatic carbocycles. The summed E-state index contributed by atoms with van der Waals surface area (Å²) in [4.78, 5) is 3.08. The second kappa shape index (κ2) is 3.67. The average Bonchev–Trinajstić information content (AvgIpc) is 3.01. The lowest BCUT2D eigenvalue weighted by atomic mass is 10.0. The van der Waals surface area contributed by atoms with Gasteiger partial charge in [-0.2, -0.15) is 0 Å². The summed E-state index contributed by atoms with van der Waals surface area (Å²) in [6.45, 7) is 3.18. The summed E-state index contributed by atoms with van der Waals surface area (Å²) in [5, 5.41) is 0. The number of aromatic nitrogens is 2. The van der Waals surface area contributed by atoms with E-state index in [0.717, 1.165) is 17.6 Å². The number of benzene rings is 1. The first-order valence-corrected chi connectivity index (χ1v) is 6.42. The minimum Gasteiger partial charge on any atom is -0.330 e. The van der Waals surface area contributed by atoms with Crippen LogP contribution in [0.2, 0.25) is 0 Å². The van der Waals surface area contributed by atoms with Crippen molar-refractivity contribution < 1.29 is 4.39 Å². The topological polar surface area (TPSA) is 20.7 Å². The Hall–Kier alpha value is -1.16. The maximum Gasteiger partial charge on any atom is 0.178 e. The average molecular weight is 250 g/mol. The molecule has 17 heavy (non-hydrogen) atoms.